The Morgan fingerprint density at radius 2 is 1.79 bits per heavy atom. The van der Waals surface area contributed by atoms with Gasteiger partial charge in [-0.3, -0.25) is 19.2 Å². The summed E-state index contributed by atoms with van der Waals surface area (Å²) in [6.45, 7) is 0.419. The monoisotopic (exact) mass is 661 g/mol. The van der Waals surface area contributed by atoms with Crippen molar-refractivity contribution in [1.29, 1.82) is 0 Å². The molecule has 0 saturated carbocycles. The molecule has 47 heavy (non-hydrogen) atoms. The van der Waals surface area contributed by atoms with Crippen molar-refractivity contribution < 1.29 is 45.8 Å². The number of aryl methyl sites for hydroxylation is 1. The lowest BCUT2D eigenvalue weighted by Gasteiger charge is -2.17. The minimum atomic E-state index is -4.87. The van der Waals surface area contributed by atoms with Gasteiger partial charge >= 0.3 is 12.3 Å². The predicted molar refractivity (Wildman–Crippen MR) is 154 cm³/mol. The molecule has 0 aliphatic rings. The summed E-state index contributed by atoms with van der Waals surface area (Å²) in [5.41, 5.74) is -0.745. The topological polar surface area (TPSA) is 134 Å². The first-order valence-corrected chi connectivity index (χ1v) is 14.1. The van der Waals surface area contributed by atoms with E-state index in [0.717, 1.165) is 28.3 Å². The van der Waals surface area contributed by atoms with E-state index in [1.165, 1.54) is 30.6 Å². The van der Waals surface area contributed by atoms with Crippen molar-refractivity contribution in [3.63, 3.8) is 0 Å². The summed E-state index contributed by atoms with van der Waals surface area (Å²) in [5, 5.41) is 9.84. The van der Waals surface area contributed by atoms with Crippen molar-refractivity contribution in [2.75, 3.05) is 0 Å². The maximum absolute atomic E-state index is 15.0. The number of pyridine rings is 1. The molecule has 0 aliphatic heterocycles. The molecule has 248 valence electrons. The molecule has 1 amide bonds. The highest BCUT2D eigenvalue weighted by molar-refractivity contribution is 5.91. The van der Waals surface area contributed by atoms with E-state index in [4.69, 9.17) is 4.74 Å². The summed E-state index contributed by atoms with van der Waals surface area (Å²) in [6.07, 6.45) is -6.11. The van der Waals surface area contributed by atoms with E-state index >= 15 is 0 Å². The molecule has 4 rings (SSSR count). The van der Waals surface area contributed by atoms with Gasteiger partial charge in [-0.1, -0.05) is 47.7 Å². The van der Waals surface area contributed by atoms with E-state index in [-0.39, 0.29) is 37.3 Å². The molecular weight excluding hydrogens is 633 g/mol. The van der Waals surface area contributed by atoms with E-state index in [2.05, 4.69) is 20.4 Å². The van der Waals surface area contributed by atoms with Gasteiger partial charge in [-0.25, -0.2) is 13.5 Å². The standard InChI is InChI=1S/C31H28F5N5O6/c1-19(42)46-28(21-7-3-2-4-8-21)26(43)15-22-10-12-40(30(45)27(22)33)13-11-23(32)17-41-18-25(38-39-41)29(44)37-16-20-6-5-9-24(14-20)47-31(34,35)36/h2-10,12,14,18,23,28H,11,13,15-17H2,1H3,(H,37,44)/t23-,28?/m0/s1. The van der Waals surface area contributed by atoms with Crippen LogP contribution in [0.2, 0.25) is 0 Å². The zero-order valence-electron chi connectivity index (χ0n) is 24.7. The average molecular weight is 662 g/mol. The molecule has 0 radical (unpaired) electrons. The molecule has 0 fully saturated rings. The van der Waals surface area contributed by atoms with Gasteiger partial charge in [-0.05, 0) is 35.7 Å². The molecule has 2 aromatic heterocycles. The molecule has 1 N–H and O–H groups in total. The van der Waals surface area contributed by atoms with Gasteiger partial charge in [0.1, 0.15) is 11.9 Å². The molecular formula is C31H28F5N5O6. The van der Waals surface area contributed by atoms with Gasteiger partial charge in [-0.2, -0.15) is 0 Å². The Hall–Kier alpha value is -5.41. The smallest absolute Gasteiger partial charge is 0.450 e. The quantitative estimate of drug-likeness (QED) is 0.157. The number of benzene rings is 2. The van der Waals surface area contributed by atoms with Crippen LogP contribution in [0.3, 0.4) is 0 Å². The SMILES string of the molecule is CC(=O)OC(C(=O)Cc1ccn(CC[C@H](F)Cn2cc(C(=O)NCc3cccc(OC(F)(F)F)c3)nn2)c(=O)c1F)c1ccccc1. The van der Waals surface area contributed by atoms with E-state index in [9.17, 15) is 41.1 Å². The first-order chi connectivity index (χ1) is 22.3. The van der Waals surface area contributed by atoms with Gasteiger partial charge in [0.2, 0.25) is 0 Å². The number of esters is 1. The van der Waals surface area contributed by atoms with Gasteiger partial charge in [-0.15, -0.1) is 18.3 Å². The zero-order valence-corrected chi connectivity index (χ0v) is 24.7. The largest absolute Gasteiger partial charge is 0.573 e. The third kappa shape index (κ3) is 10.0. The number of nitrogens with one attached hydrogen (secondary N) is 1. The van der Waals surface area contributed by atoms with E-state index in [1.54, 1.807) is 30.3 Å². The first-order valence-electron chi connectivity index (χ1n) is 14.1. The summed E-state index contributed by atoms with van der Waals surface area (Å²) in [5.74, 6) is -3.71. The predicted octanol–water partition coefficient (Wildman–Crippen LogP) is 4.25. The van der Waals surface area contributed by atoms with Crippen LogP contribution in [0.4, 0.5) is 22.0 Å². The fourth-order valence-electron chi connectivity index (χ4n) is 4.48. The molecule has 0 bridgehead atoms. The maximum atomic E-state index is 15.0. The van der Waals surface area contributed by atoms with Crippen LogP contribution in [0.5, 0.6) is 5.75 Å². The number of carbonyl (C=O) groups is 3. The number of rotatable bonds is 14. The minimum Gasteiger partial charge on any atom is -0.450 e. The van der Waals surface area contributed by atoms with Gasteiger partial charge in [0.05, 0.1) is 12.7 Å². The highest BCUT2D eigenvalue weighted by Gasteiger charge is 2.31. The summed E-state index contributed by atoms with van der Waals surface area (Å²) in [4.78, 5) is 49.5. The van der Waals surface area contributed by atoms with Crippen LogP contribution in [0.25, 0.3) is 0 Å². The number of nitrogens with zero attached hydrogens (tertiary/aromatic N) is 4. The Kier molecular flexibility index (Phi) is 11.2. The molecule has 2 aromatic carbocycles. The Bertz CT molecular complexity index is 1780. The average Bonchev–Trinajstić information content (AvgIpc) is 3.48. The van der Waals surface area contributed by atoms with Crippen molar-refractivity contribution >= 4 is 17.7 Å². The second-order valence-electron chi connectivity index (χ2n) is 10.3. The van der Waals surface area contributed by atoms with Crippen LogP contribution in [0, 0.1) is 5.82 Å². The van der Waals surface area contributed by atoms with E-state index in [0.29, 0.717) is 11.1 Å². The van der Waals surface area contributed by atoms with Crippen LogP contribution >= 0.6 is 0 Å². The number of carbonyl (C=O) groups excluding carboxylic acids is 3. The van der Waals surface area contributed by atoms with Crippen molar-refractivity contribution in [3.8, 4) is 5.75 Å². The summed E-state index contributed by atoms with van der Waals surface area (Å²) < 4.78 is 78.0. The second-order valence-corrected chi connectivity index (χ2v) is 10.3. The molecule has 0 aliphatic carbocycles. The third-order valence-corrected chi connectivity index (χ3v) is 6.65. The number of alkyl halides is 4. The summed E-state index contributed by atoms with van der Waals surface area (Å²) >= 11 is 0. The lowest BCUT2D eigenvalue weighted by molar-refractivity contribution is -0.274. The molecule has 11 nitrogen and oxygen atoms in total. The summed E-state index contributed by atoms with van der Waals surface area (Å²) in [7, 11) is 0. The molecule has 2 heterocycles. The van der Waals surface area contributed by atoms with Crippen LogP contribution in [-0.4, -0.2) is 49.8 Å². The van der Waals surface area contributed by atoms with Gasteiger partial charge < -0.3 is 19.4 Å². The molecule has 0 spiro atoms. The van der Waals surface area contributed by atoms with Crippen molar-refractivity contribution in [1.82, 2.24) is 24.9 Å². The number of halogens is 5. The van der Waals surface area contributed by atoms with Crippen LogP contribution < -0.4 is 15.6 Å². The first kappa shape index (κ1) is 34.5. The van der Waals surface area contributed by atoms with E-state index < -0.39 is 59.8 Å². The molecule has 16 heteroatoms. The molecule has 4 aromatic rings. The van der Waals surface area contributed by atoms with Crippen molar-refractivity contribution in [2.24, 2.45) is 0 Å². The molecule has 0 saturated heterocycles. The van der Waals surface area contributed by atoms with E-state index in [1.807, 2.05) is 0 Å². The fraction of sp³-hybridized carbons (Fsp3) is 0.290. The van der Waals surface area contributed by atoms with Gasteiger partial charge in [0, 0.05) is 38.2 Å². The number of Topliss-reactive ketones (excluding diaryl/α,β-unsaturated/α-hetero) is 1. The number of ketones is 1. The normalized spacial score (nSPS) is 12.6. The van der Waals surface area contributed by atoms with Crippen molar-refractivity contribution in [3.05, 3.63) is 112 Å². The number of hydrogen-bond acceptors (Lipinski definition) is 8. The number of amides is 1. The van der Waals surface area contributed by atoms with Crippen LogP contribution in [0.1, 0.15) is 46.6 Å². The minimum absolute atomic E-state index is 0.148. The summed E-state index contributed by atoms with van der Waals surface area (Å²) in [6, 6.07) is 14.4. The molecule has 2 atom stereocenters. The molecule has 1 unspecified atom stereocenters. The lowest BCUT2D eigenvalue weighted by Crippen LogP contribution is -2.27. The Morgan fingerprint density at radius 1 is 1.04 bits per heavy atom. The fourth-order valence-corrected chi connectivity index (χ4v) is 4.48. The second kappa shape index (κ2) is 15.2. The van der Waals surface area contributed by atoms with Crippen LogP contribution in [-0.2, 0) is 40.4 Å². The van der Waals surface area contributed by atoms with Crippen molar-refractivity contribution in [2.45, 2.75) is 58.0 Å². The number of hydrogen-bond donors (Lipinski definition) is 1. The Balaban J connectivity index is 1.29. The highest BCUT2D eigenvalue weighted by atomic mass is 19.4. The third-order valence-electron chi connectivity index (χ3n) is 6.65. The zero-order chi connectivity index (χ0) is 34.1. The maximum Gasteiger partial charge on any atom is 0.573 e. The lowest BCUT2D eigenvalue weighted by atomic mass is 10.00. The van der Waals surface area contributed by atoms with Crippen LogP contribution in [0.15, 0.2) is 77.9 Å². The highest BCUT2D eigenvalue weighted by Crippen LogP contribution is 2.24. The van der Waals surface area contributed by atoms with Gasteiger partial charge in [0.15, 0.2) is 23.4 Å². The number of aromatic nitrogens is 4. The number of ether oxygens (including phenoxy) is 2. The Morgan fingerprint density at radius 3 is 2.49 bits per heavy atom. The van der Waals surface area contributed by atoms with Gasteiger partial charge in [0.25, 0.3) is 11.5 Å². The Labute approximate surface area is 263 Å².